The van der Waals surface area contributed by atoms with Crippen LogP contribution in [0.15, 0.2) is 65.9 Å². The Hall–Kier alpha value is -3.36. The molecule has 3 rings (SSSR count). The van der Waals surface area contributed by atoms with Crippen molar-refractivity contribution in [2.75, 3.05) is 23.7 Å². The molecule has 3 amide bonds. The molecule has 2 unspecified atom stereocenters. The van der Waals surface area contributed by atoms with Crippen LogP contribution in [-0.2, 0) is 4.79 Å². The summed E-state index contributed by atoms with van der Waals surface area (Å²) in [7, 11) is 0. The maximum absolute atomic E-state index is 12.8. The van der Waals surface area contributed by atoms with E-state index in [1.165, 1.54) is 11.3 Å². The molecule has 1 heterocycles. The Morgan fingerprint density at radius 1 is 1.20 bits per heavy atom. The number of nitrogens with zero attached hydrogens (tertiary/aromatic N) is 1. The first-order valence-corrected chi connectivity index (χ1v) is 12.6. The van der Waals surface area contributed by atoms with Crippen LogP contribution in [0.4, 0.5) is 15.6 Å². The summed E-state index contributed by atoms with van der Waals surface area (Å²) in [6, 6.07) is 9.41. The third kappa shape index (κ3) is 7.31. The average Bonchev–Trinajstić information content (AvgIpc) is 3.23. The summed E-state index contributed by atoms with van der Waals surface area (Å²) < 4.78 is 0.721. The third-order valence-corrected chi connectivity index (χ3v) is 6.89. The molecule has 1 aromatic heterocycles. The number of carbonyl (C=O) groups excluding carboxylic acids is 2. The van der Waals surface area contributed by atoms with Crippen molar-refractivity contribution < 1.29 is 9.59 Å². The second-order valence-electron chi connectivity index (χ2n) is 8.07. The summed E-state index contributed by atoms with van der Waals surface area (Å²) in [5, 5.41) is 12.4. The number of allylic oxidation sites excluding steroid dienone is 4. The second kappa shape index (κ2) is 12.4. The van der Waals surface area contributed by atoms with Gasteiger partial charge in [-0.25, -0.2) is 9.78 Å². The minimum atomic E-state index is -0.352. The van der Waals surface area contributed by atoms with Gasteiger partial charge in [0.2, 0.25) is 0 Å². The maximum Gasteiger partial charge on any atom is 0.321 e. The quantitative estimate of drug-likeness (QED) is 0.247. The molecule has 0 saturated carbocycles. The van der Waals surface area contributed by atoms with E-state index in [0.717, 1.165) is 15.8 Å². The molecule has 0 fully saturated rings. The smallest absolute Gasteiger partial charge is 0.321 e. The molecule has 184 valence electrons. The molecule has 9 heteroatoms. The van der Waals surface area contributed by atoms with Crippen molar-refractivity contribution in [2.45, 2.75) is 26.1 Å². The van der Waals surface area contributed by atoms with Gasteiger partial charge in [-0.3, -0.25) is 10.1 Å². The Balaban J connectivity index is 1.59. The van der Waals surface area contributed by atoms with E-state index >= 15 is 0 Å². The Kier molecular flexibility index (Phi) is 9.28. The molecule has 7 nitrogen and oxygen atoms in total. The van der Waals surface area contributed by atoms with Gasteiger partial charge in [0, 0.05) is 30.0 Å². The lowest BCUT2D eigenvalue weighted by Crippen LogP contribution is -2.33. The molecule has 2 aromatic rings. The van der Waals surface area contributed by atoms with Crippen molar-refractivity contribution in [1.29, 1.82) is 0 Å². The number of carbonyl (C=O) groups is 2. The Morgan fingerprint density at radius 3 is 2.66 bits per heavy atom. The number of halogens is 1. The summed E-state index contributed by atoms with van der Waals surface area (Å²) in [5.41, 5.74) is 2.87. The zero-order chi connectivity index (χ0) is 25.4. The van der Waals surface area contributed by atoms with Gasteiger partial charge in [0.15, 0.2) is 5.13 Å². The summed E-state index contributed by atoms with van der Waals surface area (Å²) in [4.78, 5) is 29.5. The second-order valence-corrected chi connectivity index (χ2v) is 9.57. The summed E-state index contributed by atoms with van der Waals surface area (Å²) in [5.74, 6) is -0.217. The van der Waals surface area contributed by atoms with E-state index in [0.29, 0.717) is 29.3 Å². The molecule has 0 aliphatic heterocycles. The molecule has 35 heavy (non-hydrogen) atoms. The largest absolute Gasteiger partial charge is 0.383 e. The Morgan fingerprint density at radius 2 is 1.94 bits per heavy atom. The predicted molar refractivity (Wildman–Crippen MR) is 146 cm³/mol. The highest BCUT2D eigenvalue weighted by molar-refractivity contribution is 7.13. The number of para-hydroxylation sites is 1. The Labute approximate surface area is 214 Å². The zero-order valence-corrected chi connectivity index (χ0v) is 21.6. The van der Waals surface area contributed by atoms with Crippen molar-refractivity contribution in [3.05, 3.63) is 75.8 Å². The van der Waals surface area contributed by atoms with E-state index in [1.54, 1.807) is 6.08 Å². The highest BCUT2D eigenvalue weighted by atomic mass is 35.5. The van der Waals surface area contributed by atoms with Gasteiger partial charge < -0.3 is 16.0 Å². The molecule has 4 N–H and O–H groups in total. The first-order valence-electron chi connectivity index (χ1n) is 11.3. The summed E-state index contributed by atoms with van der Waals surface area (Å²) >= 11 is 7.75. The molecule has 0 spiro atoms. The monoisotopic (exact) mass is 511 g/mol. The lowest BCUT2D eigenvalue weighted by molar-refractivity contribution is -0.116. The summed E-state index contributed by atoms with van der Waals surface area (Å²) in [6.45, 7) is 10.7. The van der Waals surface area contributed by atoms with Crippen LogP contribution >= 0.6 is 22.9 Å². The van der Waals surface area contributed by atoms with Crippen LogP contribution in [0.2, 0.25) is 0 Å². The molecule has 1 aliphatic rings. The van der Waals surface area contributed by atoms with Crippen molar-refractivity contribution in [1.82, 2.24) is 15.6 Å². The number of urea groups is 1. The van der Waals surface area contributed by atoms with E-state index < -0.39 is 0 Å². The molecule has 0 bridgehead atoms. The number of anilines is 2. The highest BCUT2D eigenvalue weighted by Crippen LogP contribution is 2.27. The van der Waals surface area contributed by atoms with E-state index in [9.17, 15) is 9.59 Å². The molecule has 1 aromatic carbocycles. The van der Waals surface area contributed by atoms with Gasteiger partial charge in [0.1, 0.15) is 0 Å². The predicted octanol–water partition coefficient (Wildman–Crippen LogP) is 3.72. The molecule has 0 saturated heterocycles. The summed E-state index contributed by atoms with van der Waals surface area (Å²) in [6.07, 6.45) is 7.46. The maximum atomic E-state index is 12.8. The van der Waals surface area contributed by atoms with Gasteiger partial charge >= 0.3 is 6.03 Å². The van der Waals surface area contributed by atoms with Gasteiger partial charge in [0.05, 0.1) is 15.3 Å². The van der Waals surface area contributed by atoms with Gasteiger partial charge in [-0.2, -0.15) is 0 Å². The van der Waals surface area contributed by atoms with Crippen LogP contribution in [0.3, 0.4) is 0 Å². The molecular formula is C26H30ClN5O2S. The van der Waals surface area contributed by atoms with E-state index in [2.05, 4.69) is 32.8 Å². The number of amides is 3. The third-order valence-electron chi connectivity index (χ3n) is 5.35. The average molecular weight is 512 g/mol. The van der Waals surface area contributed by atoms with Gasteiger partial charge in [0.25, 0.3) is 5.91 Å². The molecular weight excluding hydrogens is 482 g/mol. The number of nitrogens with one attached hydrogen (secondary N) is 4. The van der Waals surface area contributed by atoms with Gasteiger partial charge in [-0.15, -0.1) is 11.6 Å². The van der Waals surface area contributed by atoms with Crippen LogP contribution in [0.1, 0.15) is 20.8 Å². The number of thiazole rings is 1. The van der Waals surface area contributed by atoms with E-state index in [1.807, 2.05) is 69.3 Å². The fourth-order valence-electron chi connectivity index (χ4n) is 3.35. The lowest BCUT2D eigenvalue weighted by atomic mass is 9.95. The standard InChI is InChI=1S/C26H30ClN5O2S/c1-5-20-21(15-18(4)24(33)31-23-17(3)12-11-16(2)22(23)27)35-26(30-20)32-25(34)29-14-13-28-19-9-7-6-8-10-19/h5-12,15-16,22,28H,4,13-14H2,1-3H3,(H,31,33)(H2,29,30,32,34)/b20-5+,21-15+. The van der Waals surface area contributed by atoms with Crippen LogP contribution in [0.5, 0.6) is 0 Å². The van der Waals surface area contributed by atoms with Crippen LogP contribution in [0, 0.1) is 5.92 Å². The fraction of sp³-hybridized carbons (Fsp3) is 0.269. The van der Waals surface area contributed by atoms with Crippen LogP contribution in [-0.4, -0.2) is 35.4 Å². The van der Waals surface area contributed by atoms with E-state index in [4.69, 9.17) is 11.6 Å². The van der Waals surface area contributed by atoms with Crippen molar-refractivity contribution in [2.24, 2.45) is 5.92 Å². The van der Waals surface area contributed by atoms with Gasteiger partial charge in [-0.05, 0) is 43.5 Å². The van der Waals surface area contributed by atoms with Crippen molar-refractivity contribution in [3.8, 4) is 0 Å². The van der Waals surface area contributed by atoms with Crippen molar-refractivity contribution in [3.63, 3.8) is 0 Å². The van der Waals surface area contributed by atoms with Crippen molar-refractivity contribution >= 4 is 57.8 Å². The minimum Gasteiger partial charge on any atom is -0.383 e. The number of rotatable bonds is 8. The zero-order valence-electron chi connectivity index (χ0n) is 20.0. The van der Waals surface area contributed by atoms with Crippen LogP contribution in [0.25, 0.3) is 12.2 Å². The van der Waals surface area contributed by atoms with E-state index in [-0.39, 0.29) is 28.8 Å². The molecule has 0 radical (unpaired) electrons. The first kappa shape index (κ1) is 26.2. The number of hydrogen-bond donors (Lipinski definition) is 4. The minimum absolute atomic E-state index is 0.115. The van der Waals surface area contributed by atoms with Gasteiger partial charge in [-0.1, -0.05) is 61.3 Å². The Bertz CT molecular complexity index is 1270. The number of benzene rings is 1. The molecule has 1 aliphatic carbocycles. The van der Waals surface area contributed by atoms with Crippen LogP contribution < -0.4 is 31.1 Å². The lowest BCUT2D eigenvalue weighted by Gasteiger charge is -2.24. The fourth-order valence-corrected chi connectivity index (χ4v) is 4.62. The normalized spacial score (nSPS) is 18.4. The topological polar surface area (TPSA) is 95.2 Å². The number of aromatic nitrogens is 1. The highest BCUT2D eigenvalue weighted by Gasteiger charge is 2.24. The number of hydrogen-bond acceptors (Lipinski definition) is 5. The SMILES string of the molecule is C=C(/C=c1/sc(NC(=O)NCCNc2ccccc2)n/c1=C/C)C(=O)NC1=C(C)C=CC(C)C1Cl. The number of alkyl halides is 1. The first-order chi connectivity index (χ1) is 16.8. The molecule has 2 atom stereocenters.